The van der Waals surface area contributed by atoms with E-state index in [1.807, 2.05) is 0 Å². The van der Waals surface area contributed by atoms with E-state index in [0.717, 1.165) is 24.4 Å². The molecule has 0 unspecified atom stereocenters. The van der Waals surface area contributed by atoms with E-state index in [9.17, 15) is 21.6 Å². The molecule has 4 aromatic rings. The molecule has 0 aliphatic heterocycles. The summed E-state index contributed by atoms with van der Waals surface area (Å²) in [7, 11) is -3.42. The van der Waals surface area contributed by atoms with E-state index in [1.54, 1.807) is 56.3 Å². The van der Waals surface area contributed by atoms with Crippen molar-refractivity contribution in [3.8, 4) is 5.75 Å². The van der Waals surface area contributed by atoms with Crippen LogP contribution in [0.1, 0.15) is 35.5 Å². The third-order valence-electron chi connectivity index (χ3n) is 6.35. The Balaban J connectivity index is 1.78. The van der Waals surface area contributed by atoms with E-state index in [2.05, 4.69) is 15.3 Å². The number of ether oxygens (including phenoxy) is 1. The number of hydrogen-bond donors (Lipinski definition) is 1. The smallest absolute Gasteiger partial charge is 0.451 e. The lowest BCUT2D eigenvalue weighted by Gasteiger charge is -2.26. The zero-order chi connectivity index (χ0) is 30.8. The fraction of sp³-hybridized carbons (Fsp3) is 0.214. The van der Waals surface area contributed by atoms with Crippen molar-refractivity contribution in [1.29, 1.82) is 0 Å². The fourth-order valence-electron chi connectivity index (χ4n) is 4.13. The van der Waals surface area contributed by atoms with Crippen LogP contribution in [-0.4, -0.2) is 25.5 Å². The molecule has 14 heteroatoms. The Morgan fingerprint density at radius 3 is 2.40 bits per heavy atom. The first kappa shape index (κ1) is 31.3. The molecule has 0 bridgehead atoms. The Morgan fingerprint density at radius 1 is 1.05 bits per heavy atom. The number of halogens is 6. The van der Waals surface area contributed by atoms with Gasteiger partial charge in [-0.15, -0.1) is 0 Å². The summed E-state index contributed by atoms with van der Waals surface area (Å²) < 4.78 is 89.5. The van der Waals surface area contributed by atoms with Gasteiger partial charge in [-0.2, -0.15) is 13.2 Å². The zero-order valence-electron chi connectivity index (χ0n) is 22.4. The molecule has 42 heavy (non-hydrogen) atoms. The minimum atomic E-state index is -4.96. The first-order valence-corrected chi connectivity index (χ1v) is 14.5. The minimum absolute atomic E-state index is 0.0829. The standard InChI is InChI=1S/C28H24Cl2F4N4O3S/c1-16-12-19(41-3)9-8-18(16)15-38(26-10-11-35-27(37-26)28(32,33)34)42(39,40)25-13-22(30)24(14-23(25)31)36-17(2)20-6-4-5-7-21(20)29/h4-14,17,36H,15H2,1-3H3/t17-/m0/s1. The van der Waals surface area contributed by atoms with Crippen molar-refractivity contribution in [2.45, 2.75) is 37.5 Å². The van der Waals surface area contributed by atoms with Gasteiger partial charge >= 0.3 is 6.18 Å². The largest absolute Gasteiger partial charge is 0.497 e. The highest BCUT2D eigenvalue weighted by molar-refractivity contribution is 7.92. The van der Waals surface area contributed by atoms with E-state index in [4.69, 9.17) is 27.9 Å². The maximum Gasteiger partial charge on any atom is 0.451 e. The predicted octanol–water partition coefficient (Wildman–Crippen LogP) is 7.83. The molecule has 1 heterocycles. The van der Waals surface area contributed by atoms with Crippen LogP contribution in [0.4, 0.5) is 29.1 Å². The maximum absolute atomic E-state index is 15.6. The number of hydrogen-bond acceptors (Lipinski definition) is 6. The maximum atomic E-state index is 15.6. The van der Waals surface area contributed by atoms with Gasteiger partial charge in [0.1, 0.15) is 22.3 Å². The summed E-state index contributed by atoms with van der Waals surface area (Å²) in [6.45, 7) is 2.95. The van der Waals surface area contributed by atoms with Gasteiger partial charge in [0.05, 0.1) is 30.4 Å². The van der Waals surface area contributed by atoms with Crippen molar-refractivity contribution in [3.63, 3.8) is 0 Å². The van der Waals surface area contributed by atoms with Crippen LogP contribution in [0.2, 0.25) is 10.0 Å². The van der Waals surface area contributed by atoms with E-state index >= 15 is 4.39 Å². The highest BCUT2D eigenvalue weighted by Gasteiger charge is 2.37. The first-order valence-electron chi connectivity index (χ1n) is 12.3. The highest BCUT2D eigenvalue weighted by Crippen LogP contribution is 2.36. The molecular formula is C28H24Cl2F4N4O3S. The second-order valence-corrected chi connectivity index (χ2v) is 11.8. The lowest BCUT2D eigenvalue weighted by atomic mass is 10.1. The van der Waals surface area contributed by atoms with Crippen molar-refractivity contribution in [2.75, 3.05) is 16.7 Å². The molecule has 1 atom stereocenters. The number of anilines is 2. The van der Waals surface area contributed by atoms with Gasteiger partial charge in [-0.3, -0.25) is 0 Å². The van der Waals surface area contributed by atoms with Gasteiger partial charge < -0.3 is 10.1 Å². The van der Waals surface area contributed by atoms with Gasteiger partial charge in [-0.05, 0) is 60.9 Å². The van der Waals surface area contributed by atoms with Gasteiger partial charge in [0, 0.05) is 17.3 Å². The Bertz CT molecular complexity index is 1720. The Labute approximate surface area is 250 Å². The number of aromatic nitrogens is 2. The second kappa shape index (κ2) is 12.3. The molecule has 0 fully saturated rings. The molecule has 1 N–H and O–H groups in total. The number of nitrogens with zero attached hydrogens (tertiary/aromatic N) is 3. The average molecular weight is 643 g/mol. The Hall–Kier alpha value is -3.61. The van der Waals surface area contributed by atoms with Crippen molar-refractivity contribution in [3.05, 3.63) is 105 Å². The van der Waals surface area contributed by atoms with Gasteiger partial charge in [-0.25, -0.2) is 27.1 Å². The van der Waals surface area contributed by atoms with E-state index in [-0.39, 0.29) is 10.7 Å². The molecule has 1 aromatic heterocycles. The van der Waals surface area contributed by atoms with Gasteiger partial charge in [0.15, 0.2) is 0 Å². The molecule has 0 saturated carbocycles. The number of benzene rings is 3. The molecule has 0 aliphatic carbocycles. The van der Waals surface area contributed by atoms with E-state index < -0.39 is 51.1 Å². The van der Waals surface area contributed by atoms with Crippen molar-refractivity contribution in [1.82, 2.24) is 9.97 Å². The van der Waals surface area contributed by atoms with Crippen molar-refractivity contribution < 1.29 is 30.7 Å². The molecule has 222 valence electrons. The zero-order valence-corrected chi connectivity index (χ0v) is 24.7. The van der Waals surface area contributed by atoms with Gasteiger partial charge in [-0.1, -0.05) is 47.5 Å². The number of nitrogens with one attached hydrogen (secondary N) is 1. The summed E-state index contributed by atoms with van der Waals surface area (Å²) in [5, 5.41) is 3.32. The monoisotopic (exact) mass is 642 g/mol. The van der Waals surface area contributed by atoms with Gasteiger partial charge in [0.25, 0.3) is 10.0 Å². The summed E-state index contributed by atoms with van der Waals surface area (Å²) >= 11 is 12.6. The molecule has 0 spiro atoms. The van der Waals surface area contributed by atoms with Crippen LogP contribution in [0.5, 0.6) is 5.75 Å². The molecule has 3 aromatic carbocycles. The number of alkyl halides is 3. The number of rotatable bonds is 9. The van der Waals surface area contributed by atoms with Crippen molar-refractivity contribution in [2.24, 2.45) is 0 Å². The van der Waals surface area contributed by atoms with E-state index in [0.29, 0.717) is 31.8 Å². The summed E-state index contributed by atoms with van der Waals surface area (Å²) in [6.07, 6.45) is -4.18. The summed E-state index contributed by atoms with van der Waals surface area (Å²) in [5.74, 6) is -2.87. The Kier molecular flexibility index (Phi) is 9.19. The molecule has 7 nitrogen and oxygen atoms in total. The van der Waals surface area contributed by atoms with Crippen molar-refractivity contribution >= 4 is 44.7 Å². The molecule has 0 aliphatic rings. The number of methoxy groups -OCH3 is 1. The second-order valence-electron chi connectivity index (χ2n) is 9.19. The third kappa shape index (κ3) is 6.71. The normalized spacial score (nSPS) is 12.6. The average Bonchev–Trinajstić information content (AvgIpc) is 2.93. The highest BCUT2D eigenvalue weighted by atomic mass is 35.5. The fourth-order valence-corrected chi connectivity index (χ4v) is 6.18. The SMILES string of the molecule is COc1ccc(CN(c2ccnc(C(F)(F)F)n2)S(=O)(=O)c2cc(Cl)c(N[C@@H](C)c3ccccc3Cl)cc2F)c(C)c1. The number of aryl methyl sites for hydroxylation is 1. The van der Waals surface area contributed by atoms with Crippen LogP contribution in [0.3, 0.4) is 0 Å². The lowest BCUT2D eigenvalue weighted by Crippen LogP contribution is -2.33. The summed E-state index contributed by atoms with van der Waals surface area (Å²) in [4.78, 5) is 5.80. The minimum Gasteiger partial charge on any atom is -0.497 e. The molecule has 0 saturated heterocycles. The molecule has 0 radical (unpaired) electrons. The van der Waals surface area contributed by atoms with Crippen LogP contribution in [0.15, 0.2) is 71.8 Å². The Morgan fingerprint density at radius 2 is 1.76 bits per heavy atom. The third-order valence-corrected chi connectivity index (χ3v) is 8.77. The summed E-state index contributed by atoms with van der Waals surface area (Å²) in [5.41, 5.74) is 1.76. The summed E-state index contributed by atoms with van der Waals surface area (Å²) in [6, 6.07) is 14.1. The van der Waals surface area contributed by atoms with E-state index in [1.165, 1.54) is 7.11 Å². The molecular weight excluding hydrogens is 619 g/mol. The lowest BCUT2D eigenvalue weighted by molar-refractivity contribution is -0.144. The quantitative estimate of drug-likeness (QED) is 0.187. The topological polar surface area (TPSA) is 84.4 Å². The van der Waals surface area contributed by atoms with Crippen LogP contribution in [0, 0.1) is 12.7 Å². The van der Waals surface area contributed by atoms with Crippen LogP contribution in [0.25, 0.3) is 0 Å². The van der Waals surface area contributed by atoms with Crippen LogP contribution >= 0.6 is 23.2 Å². The van der Waals surface area contributed by atoms with Gasteiger partial charge in [0.2, 0.25) is 5.82 Å². The first-order chi connectivity index (χ1) is 19.7. The number of sulfonamides is 1. The molecule has 0 amide bonds. The molecule has 4 rings (SSSR count). The van der Waals surface area contributed by atoms with Crippen LogP contribution < -0.4 is 14.4 Å². The predicted molar refractivity (Wildman–Crippen MR) is 153 cm³/mol. The van der Waals surface area contributed by atoms with Crippen LogP contribution in [-0.2, 0) is 22.7 Å².